The van der Waals surface area contributed by atoms with Crippen LogP contribution in [0, 0.1) is 0 Å². The van der Waals surface area contributed by atoms with E-state index >= 15 is 0 Å². The highest BCUT2D eigenvalue weighted by molar-refractivity contribution is 5.92. The van der Waals surface area contributed by atoms with Crippen LogP contribution in [-0.2, 0) is 17.6 Å². The summed E-state index contributed by atoms with van der Waals surface area (Å²) in [4.78, 5) is 12.3. The number of H-pyrrole nitrogens is 1. The molecular weight excluding hydrogens is 304 g/mol. The first-order chi connectivity index (χ1) is 11.7. The summed E-state index contributed by atoms with van der Waals surface area (Å²) in [5, 5.41) is 13.6. The van der Waals surface area contributed by atoms with E-state index in [1.54, 1.807) is 7.11 Å². The Morgan fingerprint density at radius 1 is 1.46 bits per heavy atom. The highest BCUT2D eigenvalue weighted by Crippen LogP contribution is 2.23. The van der Waals surface area contributed by atoms with E-state index in [4.69, 9.17) is 4.74 Å². The quantitative estimate of drug-likeness (QED) is 0.760. The Kier molecular flexibility index (Phi) is 5.15. The number of benzene rings is 1. The summed E-state index contributed by atoms with van der Waals surface area (Å²) >= 11 is 0. The Balaban J connectivity index is 1.50. The van der Waals surface area contributed by atoms with Crippen molar-refractivity contribution in [3.8, 4) is 5.75 Å². The third-order valence-electron chi connectivity index (χ3n) is 4.41. The number of carbonyl (C=O) groups is 1. The minimum absolute atomic E-state index is 0.0145. The zero-order chi connectivity index (χ0) is 16.9. The molecule has 3 rings (SSSR count). The molecule has 24 heavy (non-hydrogen) atoms. The topological polar surface area (TPSA) is 79.0 Å². The highest BCUT2D eigenvalue weighted by atomic mass is 16.5. The first-order valence-corrected chi connectivity index (χ1v) is 8.35. The number of amides is 1. The molecule has 1 aliphatic rings. The molecule has 0 saturated heterocycles. The lowest BCUT2D eigenvalue weighted by Gasteiger charge is -2.26. The third kappa shape index (κ3) is 3.94. The SMILES string of the molecule is COc1ccccc1NC(=O)C[C@H](C)N[C@H]1CCc2[nH]ncc2C1. The summed E-state index contributed by atoms with van der Waals surface area (Å²) in [5.41, 5.74) is 3.23. The fraction of sp³-hybridized carbons (Fsp3) is 0.444. The number of anilines is 1. The summed E-state index contributed by atoms with van der Waals surface area (Å²) in [6.45, 7) is 2.05. The van der Waals surface area contributed by atoms with Gasteiger partial charge in [0.2, 0.25) is 5.91 Å². The van der Waals surface area contributed by atoms with Crippen molar-refractivity contribution >= 4 is 11.6 Å². The zero-order valence-electron chi connectivity index (χ0n) is 14.1. The van der Waals surface area contributed by atoms with Gasteiger partial charge in [0, 0.05) is 24.2 Å². The molecule has 0 saturated carbocycles. The number of aromatic nitrogens is 2. The van der Waals surface area contributed by atoms with Gasteiger partial charge in [-0.05, 0) is 43.9 Å². The Labute approximate surface area is 142 Å². The van der Waals surface area contributed by atoms with Gasteiger partial charge in [-0.2, -0.15) is 5.10 Å². The van der Waals surface area contributed by atoms with E-state index in [9.17, 15) is 4.79 Å². The number of para-hydroxylation sites is 2. The van der Waals surface area contributed by atoms with Crippen molar-refractivity contribution in [2.75, 3.05) is 12.4 Å². The predicted molar refractivity (Wildman–Crippen MR) is 93.2 cm³/mol. The average molecular weight is 328 g/mol. The average Bonchev–Trinajstić information content (AvgIpc) is 3.02. The van der Waals surface area contributed by atoms with Gasteiger partial charge >= 0.3 is 0 Å². The van der Waals surface area contributed by atoms with Gasteiger partial charge in [-0.25, -0.2) is 0 Å². The summed E-state index contributed by atoms with van der Waals surface area (Å²) in [5.74, 6) is 0.658. The molecular formula is C18H24N4O2. The van der Waals surface area contributed by atoms with Gasteiger partial charge in [-0.3, -0.25) is 9.89 Å². The fourth-order valence-corrected chi connectivity index (χ4v) is 3.25. The fourth-order valence-electron chi connectivity index (χ4n) is 3.25. The van der Waals surface area contributed by atoms with Gasteiger partial charge in [0.1, 0.15) is 5.75 Å². The van der Waals surface area contributed by atoms with Crippen molar-refractivity contribution in [3.63, 3.8) is 0 Å². The summed E-state index contributed by atoms with van der Waals surface area (Å²) in [7, 11) is 1.60. The molecule has 0 spiro atoms. The zero-order valence-corrected chi connectivity index (χ0v) is 14.1. The molecule has 3 N–H and O–H groups in total. The molecule has 6 heteroatoms. The van der Waals surface area contributed by atoms with Gasteiger partial charge in [0.15, 0.2) is 0 Å². The maximum absolute atomic E-state index is 12.3. The molecule has 2 aromatic rings. The number of aromatic amines is 1. The van der Waals surface area contributed by atoms with Crippen LogP contribution in [-0.4, -0.2) is 35.3 Å². The number of hydrogen-bond acceptors (Lipinski definition) is 4. The molecule has 0 aliphatic heterocycles. The van der Waals surface area contributed by atoms with Gasteiger partial charge in [-0.1, -0.05) is 12.1 Å². The number of carbonyl (C=O) groups excluding carboxylic acids is 1. The number of hydrogen-bond donors (Lipinski definition) is 3. The minimum atomic E-state index is -0.0145. The molecule has 6 nitrogen and oxygen atoms in total. The van der Waals surface area contributed by atoms with Crippen molar-refractivity contribution in [1.82, 2.24) is 15.5 Å². The van der Waals surface area contributed by atoms with E-state index in [0.29, 0.717) is 23.9 Å². The first kappa shape index (κ1) is 16.5. The molecule has 128 valence electrons. The largest absolute Gasteiger partial charge is 0.495 e. The van der Waals surface area contributed by atoms with E-state index in [1.807, 2.05) is 37.4 Å². The van der Waals surface area contributed by atoms with E-state index in [0.717, 1.165) is 19.3 Å². The number of ether oxygens (including phenoxy) is 1. The molecule has 1 aromatic carbocycles. The smallest absolute Gasteiger partial charge is 0.226 e. The molecule has 2 atom stereocenters. The molecule has 1 aliphatic carbocycles. The molecule has 1 heterocycles. The van der Waals surface area contributed by atoms with Gasteiger partial charge in [0.25, 0.3) is 0 Å². The van der Waals surface area contributed by atoms with Crippen LogP contribution in [0.5, 0.6) is 5.75 Å². The van der Waals surface area contributed by atoms with Crippen LogP contribution in [0.25, 0.3) is 0 Å². The van der Waals surface area contributed by atoms with Crippen molar-refractivity contribution in [1.29, 1.82) is 0 Å². The van der Waals surface area contributed by atoms with Gasteiger partial charge in [0.05, 0.1) is 19.0 Å². The van der Waals surface area contributed by atoms with Crippen LogP contribution in [0.3, 0.4) is 0 Å². The lowest BCUT2D eigenvalue weighted by atomic mass is 9.93. The van der Waals surface area contributed by atoms with E-state index in [1.165, 1.54) is 11.3 Å². The Morgan fingerprint density at radius 2 is 2.29 bits per heavy atom. The number of rotatable bonds is 6. The maximum Gasteiger partial charge on any atom is 0.226 e. The monoisotopic (exact) mass is 328 g/mol. The maximum atomic E-state index is 12.3. The highest BCUT2D eigenvalue weighted by Gasteiger charge is 2.22. The Morgan fingerprint density at radius 3 is 3.12 bits per heavy atom. The molecule has 0 radical (unpaired) electrons. The standard InChI is InChI=1S/C18H24N4O2/c1-12(20-14-7-8-15-13(10-14)11-19-22-15)9-18(23)21-16-5-3-4-6-17(16)24-2/h3-6,11-12,14,20H,7-10H2,1-2H3,(H,19,22)(H,21,23)/t12-,14-/m0/s1. The molecule has 0 unspecified atom stereocenters. The lowest BCUT2D eigenvalue weighted by molar-refractivity contribution is -0.116. The normalized spacial score (nSPS) is 17.8. The number of methoxy groups -OCH3 is 1. The van der Waals surface area contributed by atoms with Crippen molar-refractivity contribution in [3.05, 3.63) is 41.7 Å². The van der Waals surface area contributed by atoms with Gasteiger partial charge in [-0.15, -0.1) is 0 Å². The number of aryl methyl sites for hydroxylation is 1. The van der Waals surface area contributed by atoms with E-state index < -0.39 is 0 Å². The van der Waals surface area contributed by atoms with Crippen LogP contribution in [0.15, 0.2) is 30.5 Å². The number of nitrogens with one attached hydrogen (secondary N) is 3. The molecule has 1 amide bonds. The predicted octanol–water partition coefficient (Wildman–Crippen LogP) is 2.28. The second kappa shape index (κ2) is 7.49. The minimum Gasteiger partial charge on any atom is -0.495 e. The number of nitrogens with zero attached hydrogens (tertiary/aromatic N) is 1. The molecule has 0 fully saturated rings. The third-order valence-corrected chi connectivity index (χ3v) is 4.41. The second-order valence-electron chi connectivity index (χ2n) is 6.33. The van der Waals surface area contributed by atoms with Crippen molar-refractivity contribution in [2.45, 2.75) is 44.7 Å². The van der Waals surface area contributed by atoms with Gasteiger partial charge < -0.3 is 15.4 Å². The summed E-state index contributed by atoms with van der Waals surface area (Å²) < 4.78 is 5.26. The summed E-state index contributed by atoms with van der Waals surface area (Å²) in [6.07, 6.45) is 5.36. The second-order valence-corrected chi connectivity index (χ2v) is 6.33. The van der Waals surface area contributed by atoms with Crippen LogP contribution in [0.4, 0.5) is 5.69 Å². The van der Waals surface area contributed by atoms with Crippen LogP contribution in [0.1, 0.15) is 31.0 Å². The first-order valence-electron chi connectivity index (χ1n) is 8.35. The molecule has 0 bridgehead atoms. The molecule has 1 aromatic heterocycles. The Hall–Kier alpha value is -2.34. The number of fused-ring (bicyclic) bond motifs is 1. The van der Waals surface area contributed by atoms with E-state index in [2.05, 4.69) is 20.8 Å². The van der Waals surface area contributed by atoms with Crippen LogP contribution in [0.2, 0.25) is 0 Å². The van der Waals surface area contributed by atoms with E-state index in [-0.39, 0.29) is 11.9 Å². The van der Waals surface area contributed by atoms with Crippen molar-refractivity contribution in [2.24, 2.45) is 0 Å². The lowest BCUT2D eigenvalue weighted by Crippen LogP contribution is -2.41. The van der Waals surface area contributed by atoms with Crippen LogP contribution >= 0.6 is 0 Å². The Bertz CT molecular complexity index is 698. The summed E-state index contributed by atoms with van der Waals surface area (Å²) in [6, 6.07) is 7.94. The van der Waals surface area contributed by atoms with Crippen molar-refractivity contribution < 1.29 is 9.53 Å². The van der Waals surface area contributed by atoms with Crippen LogP contribution < -0.4 is 15.4 Å².